The van der Waals surface area contributed by atoms with Gasteiger partial charge in [-0.05, 0) is 19.1 Å². The zero-order chi connectivity index (χ0) is 19.8. The van der Waals surface area contributed by atoms with Crippen LogP contribution in [-0.4, -0.2) is 53.1 Å². The molecule has 1 aromatic heterocycles. The number of nitrogens with one attached hydrogen (secondary N) is 1. The van der Waals surface area contributed by atoms with Crippen LogP contribution in [0.3, 0.4) is 0 Å². The molecule has 0 amide bonds. The second-order valence-corrected chi connectivity index (χ2v) is 7.66. The van der Waals surface area contributed by atoms with Crippen molar-refractivity contribution in [2.24, 2.45) is 0 Å². The molecule has 2 aromatic rings. The van der Waals surface area contributed by atoms with E-state index in [1.807, 2.05) is 4.98 Å². The lowest BCUT2D eigenvalue weighted by molar-refractivity contribution is -0.0543. The second-order valence-electron chi connectivity index (χ2n) is 6.08. The average molecular weight is 398 g/mol. The standard InChI is InChI=1S/C16H18N2O8S/c1-9-2-4-10(5-3-9)27(23,24)26-14-11(8-19)25-15(13(14)21)18-7-6-12(20)17-16(18)22/h2-7,11,13-15,19,21H,8H2,1H3,(H,17,20,22)/t11-,13+,14+,15-/m1/s1. The fourth-order valence-corrected chi connectivity index (χ4v) is 3.86. The minimum Gasteiger partial charge on any atom is -0.394 e. The number of aromatic nitrogens is 2. The Bertz CT molecular complexity index is 1030. The van der Waals surface area contributed by atoms with E-state index in [9.17, 15) is 28.2 Å². The van der Waals surface area contributed by atoms with Crippen LogP contribution in [0.2, 0.25) is 0 Å². The molecule has 0 unspecified atom stereocenters. The maximum absolute atomic E-state index is 12.5. The van der Waals surface area contributed by atoms with E-state index in [0.717, 1.165) is 22.4 Å². The largest absolute Gasteiger partial charge is 0.394 e. The molecule has 0 radical (unpaired) electrons. The summed E-state index contributed by atoms with van der Waals surface area (Å²) in [5.74, 6) is 0. The molecule has 1 saturated heterocycles. The normalized spacial score (nSPS) is 25.6. The molecular formula is C16H18N2O8S. The summed E-state index contributed by atoms with van der Waals surface area (Å²) in [6.07, 6.45) is -4.50. The number of hydrogen-bond donors (Lipinski definition) is 3. The molecule has 10 nitrogen and oxygen atoms in total. The van der Waals surface area contributed by atoms with Gasteiger partial charge in [-0.1, -0.05) is 17.7 Å². The van der Waals surface area contributed by atoms with E-state index in [0.29, 0.717) is 0 Å². The SMILES string of the molecule is Cc1ccc(S(=O)(=O)O[C@@H]2[C@H](O)[C@H](n3ccc(=O)[nH]c3=O)O[C@@H]2CO)cc1. The fourth-order valence-electron chi connectivity index (χ4n) is 2.75. The van der Waals surface area contributed by atoms with Gasteiger partial charge in [0.15, 0.2) is 6.23 Å². The minimum atomic E-state index is -4.26. The Morgan fingerprint density at radius 1 is 1.22 bits per heavy atom. The van der Waals surface area contributed by atoms with Crippen LogP contribution in [0.15, 0.2) is 51.0 Å². The van der Waals surface area contributed by atoms with Crippen LogP contribution in [-0.2, 0) is 19.0 Å². The minimum absolute atomic E-state index is 0.123. The molecule has 27 heavy (non-hydrogen) atoms. The molecule has 2 heterocycles. The van der Waals surface area contributed by atoms with Crippen molar-refractivity contribution in [1.29, 1.82) is 0 Å². The number of H-pyrrole nitrogens is 1. The van der Waals surface area contributed by atoms with E-state index in [2.05, 4.69) is 0 Å². The van der Waals surface area contributed by atoms with Crippen molar-refractivity contribution in [2.45, 2.75) is 36.4 Å². The Morgan fingerprint density at radius 2 is 1.89 bits per heavy atom. The molecular weight excluding hydrogens is 380 g/mol. The zero-order valence-corrected chi connectivity index (χ0v) is 15.0. The topological polar surface area (TPSA) is 148 Å². The van der Waals surface area contributed by atoms with E-state index >= 15 is 0 Å². The Kier molecular flexibility index (Phi) is 5.31. The number of nitrogens with zero attached hydrogens (tertiary/aromatic N) is 1. The molecule has 146 valence electrons. The maximum Gasteiger partial charge on any atom is 0.330 e. The van der Waals surface area contributed by atoms with Crippen LogP contribution >= 0.6 is 0 Å². The van der Waals surface area contributed by atoms with E-state index in [1.54, 1.807) is 19.1 Å². The highest BCUT2D eigenvalue weighted by molar-refractivity contribution is 7.86. The lowest BCUT2D eigenvalue weighted by Gasteiger charge is -2.19. The summed E-state index contributed by atoms with van der Waals surface area (Å²) >= 11 is 0. The lowest BCUT2D eigenvalue weighted by atomic mass is 10.1. The van der Waals surface area contributed by atoms with Crippen molar-refractivity contribution < 1.29 is 27.6 Å². The molecule has 1 aliphatic heterocycles. The van der Waals surface area contributed by atoms with Crippen LogP contribution in [0.1, 0.15) is 11.8 Å². The first-order valence-corrected chi connectivity index (χ1v) is 9.39. The summed E-state index contributed by atoms with van der Waals surface area (Å²) in [5, 5.41) is 20.0. The van der Waals surface area contributed by atoms with Gasteiger partial charge in [-0.15, -0.1) is 0 Å². The van der Waals surface area contributed by atoms with E-state index in [-0.39, 0.29) is 4.90 Å². The number of hydrogen-bond acceptors (Lipinski definition) is 8. The number of aliphatic hydroxyl groups excluding tert-OH is 2. The fraction of sp³-hybridized carbons (Fsp3) is 0.375. The average Bonchev–Trinajstić information content (AvgIpc) is 2.91. The highest BCUT2D eigenvalue weighted by Gasteiger charge is 2.48. The summed E-state index contributed by atoms with van der Waals surface area (Å²) in [6.45, 7) is 1.14. The van der Waals surface area contributed by atoms with E-state index in [1.165, 1.54) is 12.1 Å². The number of aliphatic hydroxyl groups is 2. The van der Waals surface area contributed by atoms with Gasteiger partial charge in [-0.3, -0.25) is 18.5 Å². The summed E-state index contributed by atoms with van der Waals surface area (Å²) in [7, 11) is -4.26. The van der Waals surface area contributed by atoms with Gasteiger partial charge in [0.2, 0.25) is 0 Å². The van der Waals surface area contributed by atoms with Crippen molar-refractivity contribution in [1.82, 2.24) is 9.55 Å². The molecule has 1 aliphatic rings. The molecule has 1 aromatic carbocycles. The number of rotatable bonds is 5. The van der Waals surface area contributed by atoms with Gasteiger partial charge in [-0.25, -0.2) is 4.79 Å². The maximum atomic E-state index is 12.5. The second kappa shape index (κ2) is 7.37. The van der Waals surface area contributed by atoms with Crippen LogP contribution in [0.25, 0.3) is 0 Å². The quantitative estimate of drug-likeness (QED) is 0.536. The number of aryl methyl sites for hydroxylation is 1. The smallest absolute Gasteiger partial charge is 0.330 e. The van der Waals surface area contributed by atoms with Gasteiger partial charge in [0.25, 0.3) is 15.7 Å². The summed E-state index contributed by atoms with van der Waals surface area (Å²) < 4.78 is 36.3. The molecule has 0 bridgehead atoms. The zero-order valence-electron chi connectivity index (χ0n) is 14.2. The third-order valence-electron chi connectivity index (χ3n) is 4.16. The Hall–Kier alpha value is -2.31. The van der Waals surface area contributed by atoms with Gasteiger partial charge < -0.3 is 14.9 Å². The van der Waals surface area contributed by atoms with E-state index in [4.69, 9.17) is 8.92 Å². The van der Waals surface area contributed by atoms with Crippen LogP contribution < -0.4 is 11.2 Å². The monoisotopic (exact) mass is 398 g/mol. The molecule has 3 N–H and O–H groups in total. The highest BCUT2D eigenvalue weighted by atomic mass is 32.2. The predicted octanol–water partition coefficient (Wildman–Crippen LogP) is -1.13. The van der Waals surface area contributed by atoms with Crippen LogP contribution in [0.4, 0.5) is 0 Å². The number of benzene rings is 1. The van der Waals surface area contributed by atoms with Gasteiger partial charge in [0.05, 0.1) is 11.5 Å². The predicted molar refractivity (Wildman–Crippen MR) is 91.6 cm³/mol. The van der Waals surface area contributed by atoms with Crippen molar-refractivity contribution >= 4 is 10.1 Å². The molecule has 11 heteroatoms. The molecule has 3 rings (SSSR count). The van der Waals surface area contributed by atoms with Gasteiger partial charge >= 0.3 is 5.69 Å². The summed E-state index contributed by atoms with van der Waals surface area (Å²) in [4.78, 5) is 25.0. The Balaban J connectivity index is 1.89. The Labute approximate surface area is 153 Å². The summed E-state index contributed by atoms with van der Waals surface area (Å²) in [5.41, 5.74) is -0.647. The first-order chi connectivity index (χ1) is 12.7. The van der Waals surface area contributed by atoms with Gasteiger partial charge in [-0.2, -0.15) is 8.42 Å². The molecule has 0 aliphatic carbocycles. The van der Waals surface area contributed by atoms with Gasteiger partial charge in [0.1, 0.15) is 18.3 Å². The molecule has 0 saturated carbocycles. The summed E-state index contributed by atoms with van der Waals surface area (Å²) in [6, 6.07) is 6.92. The van der Waals surface area contributed by atoms with Crippen molar-refractivity contribution in [2.75, 3.05) is 6.61 Å². The molecule has 1 fully saturated rings. The lowest BCUT2D eigenvalue weighted by Crippen LogP contribution is -2.40. The Morgan fingerprint density at radius 3 is 2.48 bits per heavy atom. The third-order valence-corrected chi connectivity index (χ3v) is 5.49. The van der Waals surface area contributed by atoms with Crippen LogP contribution in [0, 0.1) is 6.92 Å². The van der Waals surface area contributed by atoms with Crippen molar-refractivity contribution in [3.63, 3.8) is 0 Å². The highest BCUT2D eigenvalue weighted by Crippen LogP contribution is 2.32. The first-order valence-electron chi connectivity index (χ1n) is 7.99. The first kappa shape index (κ1) is 19.5. The van der Waals surface area contributed by atoms with Crippen molar-refractivity contribution in [3.05, 3.63) is 62.9 Å². The van der Waals surface area contributed by atoms with Crippen LogP contribution in [0.5, 0.6) is 0 Å². The third kappa shape index (κ3) is 3.87. The number of ether oxygens (including phenoxy) is 1. The molecule has 4 atom stereocenters. The van der Waals surface area contributed by atoms with E-state index < -0.39 is 52.5 Å². The van der Waals surface area contributed by atoms with Crippen molar-refractivity contribution in [3.8, 4) is 0 Å². The molecule has 0 spiro atoms. The number of aromatic amines is 1. The van der Waals surface area contributed by atoms with Gasteiger partial charge in [0, 0.05) is 12.3 Å².